The largest absolute Gasteiger partial charge is 0.367 e. The smallest absolute Gasteiger partial charge is 0.252 e. The lowest BCUT2D eigenvalue weighted by atomic mass is 9.85. The highest BCUT2D eigenvalue weighted by Gasteiger charge is 2.28. The third-order valence-electron chi connectivity index (χ3n) is 3.55. The minimum atomic E-state index is -0.0835. The fourth-order valence-electron chi connectivity index (χ4n) is 2.17. The molecule has 1 fully saturated rings. The van der Waals surface area contributed by atoms with Gasteiger partial charge in [-0.2, -0.15) is 0 Å². The zero-order valence-electron chi connectivity index (χ0n) is 12.0. The van der Waals surface area contributed by atoms with E-state index in [1.165, 1.54) is 6.07 Å². The van der Waals surface area contributed by atoms with Gasteiger partial charge in [0.15, 0.2) is 0 Å². The summed E-state index contributed by atoms with van der Waals surface area (Å²) in [6.45, 7) is 7.10. The maximum atomic E-state index is 11.7. The van der Waals surface area contributed by atoms with Crippen LogP contribution in [0.2, 0.25) is 0 Å². The van der Waals surface area contributed by atoms with Gasteiger partial charge in [-0.3, -0.25) is 4.79 Å². The summed E-state index contributed by atoms with van der Waals surface area (Å²) < 4.78 is 0. The minimum Gasteiger partial charge on any atom is -0.367 e. The molecule has 1 aromatic heterocycles. The standard InChI is InChI=1S/C14H24N4O/c1-14(2,3)10(6-7-15)16-11-8-12(19)18-13(17-11)9-4-5-9/h8-10H,4-7,15H2,1-3H3,(H2,16,17,18,19). The molecule has 4 N–H and O–H groups in total. The minimum absolute atomic E-state index is 0.0728. The molecule has 0 radical (unpaired) electrons. The second-order valence-electron chi connectivity index (χ2n) is 6.43. The summed E-state index contributed by atoms with van der Waals surface area (Å²) in [6.07, 6.45) is 3.10. The molecule has 2 rings (SSSR count). The highest BCUT2D eigenvalue weighted by molar-refractivity contribution is 5.36. The van der Waals surface area contributed by atoms with Crippen LogP contribution in [0.3, 0.4) is 0 Å². The van der Waals surface area contributed by atoms with Crippen molar-refractivity contribution in [3.63, 3.8) is 0 Å². The number of nitrogens with two attached hydrogens (primary N) is 1. The molecule has 5 heteroatoms. The Morgan fingerprint density at radius 1 is 1.53 bits per heavy atom. The first-order valence-corrected chi connectivity index (χ1v) is 6.98. The van der Waals surface area contributed by atoms with Crippen molar-refractivity contribution >= 4 is 5.82 Å². The van der Waals surface area contributed by atoms with Crippen LogP contribution in [-0.4, -0.2) is 22.6 Å². The summed E-state index contributed by atoms with van der Waals surface area (Å²) in [6, 6.07) is 1.74. The fraction of sp³-hybridized carbons (Fsp3) is 0.714. The molecule has 1 unspecified atom stereocenters. The zero-order chi connectivity index (χ0) is 14.0. The van der Waals surface area contributed by atoms with E-state index in [0.29, 0.717) is 18.3 Å². The molecule has 1 saturated carbocycles. The van der Waals surface area contributed by atoms with Crippen molar-refractivity contribution in [3.05, 3.63) is 22.2 Å². The number of nitrogens with one attached hydrogen (secondary N) is 2. The van der Waals surface area contributed by atoms with Gasteiger partial charge in [0.05, 0.1) is 0 Å². The van der Waals surface area contributed by atoms with Gasteiger partial charge in [-0.05, 0) is 31.2 Å². The number of aromatic amines is 1. The Kier molecular flexibility index (Phi) is 3.94. The van der Waals surface area contributed by atoms with Crippen LogP contribution >= 0.6 is 0 Å². The molecular formula is C14H24N4O. The molecule has 0 aliphatic heterocycles. The number of aromatic nitrogens is 2. The third kappa shape index (κ3) is 3.80. The maximum Gasteiger partial charge on any atom is 0.252 e. The van der Waals surface area contributed by atoms with Gasteiger partial charge in [0, 0.05) is 18.0 Å². The highest BCUT2D eigenvalue weighted by Crippen LogP contribution is 2.37. The maximum absolute atomic E-state index is 11.7. The lowest BCUT2D eigenvalue weighted by molar-refractivity contribution is 0.328. The van der Waals surface area contributed by atoms with E-state index in [1.54, 1.807) is 0 Å². The molecule has 1 aromatic rings. The van der Waals surface area contributed by atoms with E-state index in [0.717, 1.165) is 25.1 Å². The fourth-order valence-corrected chi connectivity index (χ4v) is 2.17. The Morgan fingerprint density at radius 3 is 2.74 bits per heavy atom. The molecule has 5 nitrogen and oxygen atoms in total. The van der Waals surface area contributed by atoms with Crippen LogP contribution in [0.25, 0.3) is 0 Å². The van der Waals surface area contributed by atoms with Crippen molar-refractivity contribution in [3.8, 4) is 0 Å². The first-order chi connectivity index (χ1) is 8.90. The first kappa shape index (κ1) is 14.1. The van der Waals surface area contributed by atoms with Crippen molar-refractivity contribution in [2.75, 3.05) is 11.9 Å². The number of rotatable bonds is 5. The summed E-state index contributed by atoms with van der Waals surface area (Å²) in [5, 5.41) is 3.37. The number of H-pyrrole nitrogens is 1. The third-order valence-corrected chi connectivity index (χ3v) is 3.55. The molecule has 0 aromatic carbocycles. The quantitative estimate of drug-likeness (QED) is 0.757. The molecule has 0 amide bonds. The Hall–Kier alpha value is -1.36. The normalized spacial score (nSPS) is 17.3. The van der Waals surface area contributed by atoms with E-state index in [2.05, 4.69) is 36.1 Å². The predicted octanol–water partition coefficient (Wildman–Crippen LogP) is 1.82. The van der Waals surface area contributed by atoms with Crippen molar-refractivity contribution in [2.24, 2.45) is 11.1 Å². The van der Waals surface area contributed by atoms with Crippen LogP contribution in [0.1, 0.15) is 51.8 Å². The van der Waals surface area contributed by atoms with Crippen LogP contribution in [-0.2, 0) is 0 Å². The molecule has 1 aliphatic carbocycles. The number of hydrogen-bond acceptors (Lipinski definition) is 4. The monoisotopic (exact) mass is 264 g/mol. The molecule has 1 atom stereocenters. The molecule has 0 saturated heterocycles. The Morgan fingerprint density at radius 2 is 2.21 bits per heavy atom. The summed E-state index contributed by atoms with van der Waals surface area (Å²) in [7, 11) is 0. The Labute approximate surface area is 114 Å². The van der Waals surface area contributed by atoms with E-state index < -0.39 is 0 Å². The van der Waals surface area contributed by atoms with Crippen LogP contribution in [0.4, 0.5) is 5.82 Å². The van der Waals surface area contributed by atoms with E-state index >= 15 is 0 Å². The lowest BCUT2D eigenvalue weighted by Crippen LogP contribution is -2.36. The van der Waals surface area contributed by atoms with E-state index in [-0.39, 0.29) is 17.0 Å². The summed E-state index contributed by atoms with van der Waals surface area (Å²) in [5.41, 5.74) is 5.66. The second-order valence-corrected chi connectivity index (χ2v) is 6.43. The van der Waals surface area contributed by atoms with E-state index in [1.807, 2.05) is 0 Å². The van der Waals surface area contributed by atoms with Gasteiger partial charge < -0.3 is 16.0 Å². The van der Waals surface area contributed by atoms with Crippen LogP contribution in [0.15, 0.2) is 10.9 Å². The zero-order valence-corrected chi connectivity index (χ0v) is 12.0. The van der Waals surface area contributed by atoms with Crippen molar-refractivity contribution in [2.45, 2.75) is 52.0 Å². The number of nitrogens with zero attached hydrogens (tertiary/aromatic N) is 1. The molecule has 0 spiro atoms. The van der Waals surface area contributed by atoms with Crippen LogP contribution in [0.5, 0.6) is 0 Å². The molecule has 1 heterocycles. The SMILES string of the molecule is CC(C)(C)C(CCN)Nc1cc(=O)[nH]c(C2CC2)n1. The second kappa shape index (κ2) is 5.33. The number of anilines is 1. The average Bonchev–Trinajstić information content (AvgIpc) is 3.10. The van der Waals surface area contributed by atoms with Gasteiger partial charge in [-0.15, -0.1) is 0 Å². The van der Waals surface area contributed by atoms with Crippen LogP contribution in [0, 0.1) is 5.41 Å². The van der Waals surface area contributed by atoms with E-state index in [9.17, 15) is 4.79 Å². The Balaban J connectivity index is 2.18. The van der Waals surface area contributed by atoms with Crippen molar-refractivity contribution in [1.82, 2.24) is 9.97 Å². The van der Waals surface area contributed by atoms with Crippen LogP contribution < -0.4 is 16.6 Å². The average molecular weight is 264 g/mol. The first-order valence-electron chi connectivity index (χ1n) is 6.98. The van der Waals surface area contributed by atoms with Gasteiger partial charge in [-0.1, -0.05) is 20.8 Å². The van der Waals surface area contributed by atoms with Gasteiger partial charge >= 0.3 is 0 Å². The van der Waals surface area contributed by atoms with Gasteiger partial charge in [0.2, 0.25) is 0 Å². The topological polar surface area (TPSA) is 83.8 Å². The molecule has 19 heavy (non-hydrogen) atoms. The highest BCUT2D eigenvalue weighted by atomic mass is 16.1. The van der Waals surface area contributed by atoms with Crippen molar-refractivity contribution in [1.29, 1.82) is 0 Å². The van der Waals surface area contributed by atoms with Gasteiger partial charge in [-0.25, -0.2) is 4.98 Å². The summed E-state index contributed by atoms with van der Waals surface area (Å²) in [4.78, 5) is 19.0. The molecule has 106 valence electrons. The molecular weight excluding hydrogens is 240 g/mol. The molecule has 0 bridgehead atoms. The molecule has 1 aliphatic rings. The van der Waals surface area contributed by atoms with E-state index in [4.69, 9.17) is 5.73 Å². The summed E-state index contributed by atoms with van der Waals surface area (Å²) >= 11 is 0. The predicted molar refractivity (Wildman–Crippen MR) is 77.4 cm³/mol. The summed E-state index contributed by atoms with van der Waals surface area (Å²) in [5.74, 6) is 1.92. The van der Waals surface area contributed by atoms with Gasteiger partial charge in [0.25, 0.3) is 5.56 Å². The van der Waals surface area contributed by atoms with Crippen molar-refractivity contribution < 1.29 is 0 Å². The number of hydrogen-bond donors (Lipinski definition) is 3. The lowest BCUT2D eigenvalue weighted by Gasteiger charge is -2.31. The Bertz CT molecular complexity index is 485. The van der Waals surface area contributed by atoms with Gasteiger partial charge in [0.1, 0.15) is 11.6 Å².